The van der Waals surface area contributed by atoms with Gasteiger partial charge in [0.1, 0.15) is 5.75 Å². The van der Waals surface area contributed by atoms with Crippen molar-refractivity contribution in [3.05, 3.63) is 59.7 Å². The first-order valence-corrected chi connectivity index (χ1v) is 6.19. The number of hydrogen-bond acceptors (Lipinski definition) is 3. The highest BCUT2D eigenvalue weighted by atomic mass is 16.5. The van der Waals surface area contributed by atoms with E-state index in [9.17, 15) is 10.1 Å². The van der Waals surface area contributed by atoms with Crippen LogP contribution in [0.15, 0.2) is 48.5 Å². The third-order valence-corrected chi connectivity index (χ3v) is 3.60. The van der Waals surface area contributed by atoms with Crippen molar-refractivity contribution in [2.24, 2.45) is 0 Å². The average Bonchev–Trinajstić information content (AvgIpc) is 2.79. The van der Waals surface area contributed by atoms with Gasteiger partial charge in [0.2, 0.25) is 0 Å². The summed E-state index contributed by atoms with van der Waals surface area (Å²) in [5, 5.41) is 12.5. The number of methoxy groups -OCH3 is 1. The zero-order chi connectivity index (χ0) is 14.2. The van der Waals surface area contributed by atoms with E-state index in [4.69, 9.17) is 4.74 Å². The molecule has 0 unspecified atom stereocenters. The number of ether oxygens (including phenoxy) is 1. The number of nitrogens with zero attached hydrogens (tertiary/aromatic N) is 1. The van der Waals surface area contributed by atoms with Crippen LogP contribution < -0.4 is 10.1 Å². The lowest BCUT2D eigenvalue weighted by Gasteiger charge is -2.22. The van der Waals surface area contributed by atoms with Crippen LogP contribution in [0.25, 0.3) is 0 Å². The molecule has 0 radical (unpaired) electrons. The Bertz CT molecular complexity index is 733. The van der Waals surface area contributed by atoms with Gasteiger partial charge >= 0.3 is 0 Å². The van der Waals surface area contributed by atoms with Crippen molar-refractivity contribution in [3.63, 3.8) is 0 Å². The van der Waals surface area contributed by atoms with Crippen LogP contribution in [-0.4, -0.2) is 13.0 Å². The molecule has 20 heavy (non-hydrogen) atoms. The highest BCUT2D eigenvalue weighted by Crippen LogP contribution is 2.45. The van der Waals surface area contributed by atoms with Crippen LogP contribution in [0.3, 0.4) is 0 Å². The Morgan fingerprint density at radius 3 is 2.45 bits per heavy atom. The second kappa shape index (κ2) is 4.39. The second-order valence-corrected chi connectivity index (χ2v) is 4.56. The number of nitrogens with one attached hydrogen (secondary N) is 1. The Hall–Kier alpha value is -2.80. The lowest BCUT2D eigenvalue weighted by atomic mass is 9.76. The number of fused-ring (bicyclic) bond motifs is 1. The number of hydrogen-bond donors (Lipinski definition) is 1. The molecule has 4 nitrogen and oxygen atoms in total. The number of anilines is 1. The molecular weight excluding hydrogens is 252 g/mol. The standard InChI is InChI=1S/C16H12N2O2/c1-20-14-9-5-3-7-12(14)16(10-17)11-6-2-4-8-13(11)18-15(16)19/h2-9H,1H3,(H,18,19)/t16-/m1/s1. The molecule has 0 saturated carbocycles. The van der Waals surface area contributed by atoms with E-state index in [0.717, 1.165) is 0 Å². The van der Waals surface area contributed by atoms with Crippen LogP contribution in [-0.2, 0) is 10.2 Å². The molecule has 1 aliphatic heterocycles. The fourth-order valence-corrected chi connectivity index (χ4v) is 2.65. The molecule has 0 saturated heterocycles. The maximum atomic E-state index is 12.5. The smallest absolute Gasteiger partial charge is 0.254 e. The van der Waals surface area contributed by atoms with Gasteiger partial charge in [-0.15, -0.1) is 0 Å². The van der Waals surface area contributed by atoms with E-state index >= 15 is 0 Å². The van der Waals surface area contributed by atoms with E-state index in [1.54, 1.807) is 30.3 Å². The Morgan fingerprint density at radius 2 is 1.75 bits per heavy atom. The number of rotatable bonds is 2. The summed E-state index contributed by atoms with van der Waals surface area (Å²) in [6, 6.07) is 16.5. The van der Waals surface area contributed by atoms with Crippen molar-refractivity contribution < 1.29 is 9.53 Å². The zero-order valence-electron chi connectivity index (χ0n) is 10.9. The largest absolute Gasteiger partial charge is 0.496 e. The van der Waals surface area contributed by atoms with Crippen LogP contribution in [0.5, 0.6) is 5.75 Å². The number of nitriles is 1. The molecule has 4 heteroatoms. The van der Waals surface area contributed by atoms with Gasteiger partial charge in [0.05, 0.1) is 13.2 Å². The lowest BCUT2D eigenvalue weighted by molar-refractivity contribution is -0.118. The topological polar surface area (TPSA) is 62.1 Å². The number of benzene rings is 2. The molecule has 0 fully saturated rings. The SMILES string of the molecule is COc1ccccc1[C@]1(C#N)C(=O)Nc2ccccc21. The summed E-state index contributed by atoms with van der Waals surface area (Å²) in [5.41, 5.74) is 0.540. The Balaban J connectivity index is 2.33. The quantitative estimate of drug-likeness (QED) is 0.906. The van der Waals surface area contributed by atoms with E-state index in [0.29, 0.717) is 22.6 Å². The minimum Gasteiger partial charge on any atom is -0.496 e. The molecule has 0 aliphatic carbocycles. The average molecular weight is 264 g/mol. The molecule has 0 bridgehead atoms. The van der Waals surface area contributed by atoms with Gasteiger partial charge in [-0.2, -0.15) is 5.26 Å². The fourth-order valence-electron chi connectivity index (χ4n) is 2.65. The van der Waals surface area contributed by atoms with Gasteiger partial charge in [0.15, 0.2) is 5.41 Å². The zero-order valence-corrected chi connectivity index (χ0v) is 10.9. The van der Waals surface area contributed by atoms with Crippen LogP contribution >= 0.6 is 0 Å². The number of carbonyl (C=O) groups excluding carboxylic acids is 1. The highest BCUT2D eigenvalue weighted by Gasteiger charge is 2.50. The van der Waals surface area contributed by atoms with Crippen molar-refractivity contribution >= 4 is 11.6 Å². The summed E-state index contributed by atoms with van der Waals surface area (Å²) >= 11 is 0. The lowest BCUT2D eigenvalue weighted by Crippen LogP contribution is -2.34. The first-order valence-electron chi connectivity index (χ1n) is 6.19. The minimum atomic E-state index is -1.36. The number of amides is 1. The van der Waals surface area contributed by atoms with Gasteiger partial charge in [0.25, 0.3) is 5.91 Å². The first-order chi connectivity index (χ1) is 9.74. The summed E-state index contributed by atoms with van der Waals surface area (Å²) in [6.45, 7) is 0. The molecular formula is C16H12N2O2. The summed E-state index contributed by atoms with van der Waals surface area (Å²) in [4.78, 5) is 12.5. The molecule has 0 aromatic heterocycles. The third-order valence-electron chi connectivity index (χ3n) is 3.60. The molecule has 1 heterocycles. The molecule has 98 valence electrons. The van der Waals surface area contributed by atoms with Gasteiger partial charge in [0, 0.05) is 16.8 Å². The molecule has 1 N–H and O–H groups in total. The van der Waals surface area contributed by atoms with Gasteiger partial charge < -0.3 is 10.1 Å². The van der Waals surface area contributed by atoms with Crippen molar-refractivity contribution in [2.45, 2.75) is 5.41 Å². The first kappa shape index (κ1) is 12.2. The van der Waals surface area contributed by atoms with Crippen LogP contribution in [0.2, 0.25) is 0 Å². The van der Waals surface area contributed by atoms with Gasteiger partial charge in [-0.25, -0.2) is 0 Å². The summed E-state index contributed by atoms with van der Waals surface area (Å²) in [7, 11) is 1.53. The van der Waals surface area contributed by atoms with Gasteiger partial charge in [-0.3, -0.25) is 4.79 Å². The molecule has 1 amide bonds. The Morgan fingerprint density at radius 1 is 1.10 bits per heavy atom. The van der Waals surface area contributed by atoms with Crippen molar-refractivity contribution in [2.75, 3.05) is 12.4 Å². The predicted octanol–water partition coefficient (Wildman–Crippen LogP) is 2.46. The monoisotopic (exact) mass is 264 g/mol. The summed E-state index contributed by atoms with van der Waals surface area (Å²) in [6.07, 6.45) is 0. The third kappa shape index (κ3) is 1.44. The van der Waals surface area contributed by atoms with Gasteiger partial charge in [-0.05, 0) is 12.1 Å². The second-order valence-electron chi connectivity index (χ2n) is 4.56. The van der Waals surface area contributed by atoms with E-state index in [-0.39, 0.29) is 5.91 Å². The maximum Gasteiger partial charge on any atom is 0.254 e. The molecule has 2 aromatic carbocycles. The van der Waals surface area contributed by atoms with Crippen LogP contribution in [0.4, 0.5) is 5.69 Å². The Kier molecular flexibility index (Phi) is 2.69. The molecule has 0 spiro atoms. The van der Waals surface area contributed by atoms with Crippen molar-refractivity contribution in [1.29, 1.82) is 5.26 Å². The van der Waals surface area contributed by atoms with Crippen molar-refractivity contribution in [3.8, 4) is 11.8 Å². The molecule has 1 aliphatic rings. The normalized spacial score (nSPS) is 19.9. The number of carbonyl (C=O) groups is 1. The fraction of sp³-hybridized carbons (Fsp3) is 0.125. The van der Waals surface area contributed by atoms with Crippen molar-refractivity contribution in [1.82, 2.24) is 0 Å². The maximum absolute atomic E-state index is 12.5. The van der Waals surface area contributed by atoms with Crippen LogP contribution in [0.1, 0.15) is 11.1 Å². The van der Waals surface area contributed by atoms with E-state index in [1.807, 2.05) is 18.2 Å². The van der Waals surface area contributed by atoms with E-state index in [1.165, 1.54) is 7.11 Å². The molecule has 1 atom stereocenters. The summed E-state index contributed by atoms with van der Waals surface area (Å²) < 4.78 is 5.32. The summed E-state index contributed by atoms with van der Waals surface area (Å²) in [5.74, 6) is 0.187. The molecule has 2 aromatic rings. The number of para-hydroxylation sites is 2. The Labute approximate surface area is 116 Å². The van der Waals surface area contributed by atoms with E-state index in [2.05, 4.69) is 11.4 Å². The minimum absolute atomic E-state index is 0.342. The highest BCUT2D eigenvalue weighted by molar-refractivity contribution is 6.11. The van der Waals surface area contributed by atoms with E-state index < -0.39 is 5.41 Å². The van der Waals surface area contributed by atoms with Crippen LogP contribution in [0, 0.1) is 11.3 Å². The van der Waals surface area contributed by atoms with Gasteiger partial charge in [-0.1, -0.05) is 36.4 Å². The predicted molar refractivity (Wildman–Crippen MR) is 74.5 cm³/mol. The molecule has 3 rings (SSSR count).